The summed E-state index contributed by atoms with van der Waals surface area (Å²) in [6.45, 7) is 4.22. The summed E-state index contributed by atoms with van der Waals surface area (Å²) in [4.78, 5) is 26.1. The van der Waals surface area contributed by atoms with Crippen LogP contribution < -0.4 is 5.32 Å². The fourth-order valence-electron chi connectivity index (χ4n) is 21.0. The van der Waals surface area contributed by atoms with Crippen molar-refractivity contribution in [3.63, 3.8) is 0 Å². The molecule has 2 saturated heterocycles. The highest BCUT2D eigenvalue weighted by atomic mass is 35.5. The maximum Gasteiger partial charge on any atom is 0.317 e. The first kappa shape index (κ1) is 81.2. The zero-order valence-corrected chi connectivity index (χ0v) is 66.4. The predicted octanol–water partition coefficient (Wildman–Crippen LogP) is 19.0. The van der Waals surface area contributed by atoms with E-state index in [1.165, 1.54) is 112 Å². The van der Waals surface area contributed by atoms with Crippen LogP contribution in [0, 0.1) is 69.8 Å². The number of benzene rings is 5. The molecule has 10 saturated carbocycles. The third kappa shape index (κ3) is 15.5. The van der Waals surface area contributed by atoms with E-state index in [9.17, 15) is 61.5 Å². The number of urea groups is 1. The first-order chi connectivity index (χ1) is 54.0. The summed E-state index contributed by atoms with van der Waals surface area (Å²) in [6.07, 6.45) is 22.9. The van der Waals surface area contributed by atoms with Crippen molar-refractivity contribution in [2.75, 3.05) is 32.7 Å². The SMILES string of the molecule is CC(=O)N1CCC(C(F)(F)C(O)c2c(F)c(Cl)cc3cn[nH]c23)CC1.CCNC(=O)N1CCC(C(F)(F)C(O)c2c(F)c(Cl)cc3cn[nH]c23)CC1.OC1(c2cc(Cl)cc3cn[nH]c23)C2CC3CC(C2)CC1C3.O[C@@H](c1cc(Cl)cc2cn[nH]c12)C12CCC(CC1)CC2.O[C@H](c1cc(Cl)cc2cn[nH]c12)C12CCC(CC1)CC2. The fraction of sp³-hybridized carbons (Fsp3) is 0.549. The number of hydrogen-bond acceptors (Lipinski definition) is 12. The molecule has 12 aliphatic rings. The van der Waals surface area contributed by atoms with Gasteiger partial charge in [-0.15, -0.1) is 0 Å². The fourth-order valence-corrected chi connectivity index (χ4v) is 22.2. The number of H-pyrrole nitrogens is 5. The van der Waals surface area contributed by atoms with Crippen LogP contribution in [0.1, 0.15) is 201 Å². The molecule has 20 nitrogen and oxygen atoms in total. The third-order valence-electron chi connectivity index (χ3n) is 27.2. The molecule has 0 spiro atoms. The Labute approximate surface area is 673 Å². The summed E-state index contributed by atoms with van der Waals surface area (Å²) in [5.74, 6) is -7.67. The summed E-state index contributed by atoms with van der Waals surface area (Å²) in [5.41, 5.74) is 3.86. The largest absolute Gasteiger partial charge is 0.388 e. The number of halogens is 11. The van der Waals surface area contributed by atoms with Crippen molar-refractivity contribution in [2.45, 2.75) is 191 Å². The van der Waals surface area contributed by atoms with E-state index in [0.717, 1.165) is 112 Å². The number of likely N-dealkylation sites (tertiary alicyclic amines) is 2. The first-order valence-electron chi connectivity index (χ1n) is 39.5. The first-order valence-corrected chi connectivity index (χ1v) is 41.4. The van der Waals surface area contributed by atoms with Crippen molar-refractivity contribution in [3.05, 3.63) is 144 Å². The van der Waals surface area contributed by atoms with Crippen LogP contribution in [-0.2, 0) is 10.4 Å². The van der Waals surface area contributed by atoms with Crippen LogP contribution in [-0.4, -0.2) is 143 Å². The Morgan fingerprint density at radius 3 is 1.19 bits per heavy atom. The highest BCUT2D eigenvalue weighted by Gasteiger charge is 2.59. The smallest absolute Gasteiger partial charge is 0.317 e. The maximum atomic E-state index is 15.0. The third-order valence-corrected chi connectivity index (χ3v) is 28.4. The zero-order valence-electron chi connectivity index (χ0n) is 62.7. The highest BCUT2D eigenvalue weighted by molar-refractivity contribution is 6.33. The highest BCUT2D eigenvalue weighted by Crippen LogP contribution is 2.64. The summed E-state index contributed by atoms with van der Waals surface area (Å²) >= 11 is 30.3. The monoisotopic (exact) mass is 1660 g/mol. The number of aliphatic hydroxyl groups is 5. The minimum atomic E-state index is -3.60. The molecule has 606 valence electrons. The van der Waals surface area contributed by atoms with Crippen molar-refractivity contribution in [3.8, 4) is 0 Å². The van der Waals surface area contributed by atoms with Crippen LogP contribution in [0.2, 0.25) is 25.1 Å². The van der Waals surface area contributed by atoms with Gasteiger partial charge in [0.25, 0.3) is 11.8 Å². The van der Waals surface area contributed by atoms with Gasteiger partial charge in [0.05, 0.1) is 86.4 Å². The number of fused-ring (bicyclic) bond motifs is 11. The molecule has 7 heterocycles. The van der Waals surface area contributed by atoms with E-state index in [1.54, 1.807) is 25.5 Å². The van der Waals surface area contributed by atoms with Crippen LogP contribution >= 0.6 is 58.0 Å². The number of amides is 3. The molecule has 10 aromatic rings. The molecule has 5 aromatic carbocycles. The quantitative estimate of drug-likeness (QED) is 0.0509. The number of carbonyl (C=O) groups excluding carboxylic acids is 2. The van der Waals surface area contributed by atoms with Crippen molar-refractivity contribution < 1.29 is 61.5 Å². The van der Waals surface area contributed by atoms with E-state index < -0.39 is 76.5 Å². The standard InChI is InChI=1S/C17H20ClF3N4O2.C17H19ClN2O.C16H17ClF3N3O2.2C16H19ClN2O/c1-2-22-16(27)25-5-3-10(4-6-25)17(20,21)15(26)12-13(19)11(18)7-9-8-23-24-14(9)12;18-14-6-11-8-19-20-16(11)15(7-14)17(21)12-2-9-1-10(4-12)5-13(17)3-9;1-8(24)23-4-2-10(3-5-23)16(19,20)15(25)12-13(18)11(17)6-9-7-21-22-14(9)12;2*17-12-7-11-9-18-19-14(11)13(8-12)15(20)16-4-1-10(2-5-16)3-6-16/h7-8,10,15,26H,2-6H2,1H3,(H,22,27)(H,23,24);6-10,12-13,21H,1-5H2,(H,19,20);6-7,10,15,25H,2-5H2,1H3,(H,21,22);2*7-10,15,20H,1-6H2,(H,18,19)/t;;;2*10?,15-,16?/m...10/s1. The van der Waals surface area contributed by atoms with E-state index in [2.05, 4.69) is 56.3 Å². The molecule has 113 heavy (non-hydrogen) atoms. The van der Waals surface area contributed by atoms with Crippen molar-refractivity contribution in [1.29, 1.82) is 0 Å². The number of rotatable bonds is 12. The second-order valence-corrected chi connectivity index (χ2v) is 35.6. The average molecular weight is 1660 g/mol. The number of nitrogens with zero attached hydrogens (tertiary/aromatic N) is 7. The molecule has 2 unspecified atom stereocenters. The van der Waals surface area contributed by atoms with Gasteiger partial charge in [-0.05, 0) is 226 Å². The molecule has 12 fully saturated rings. The summed E-state index contributed by atoms with van der Waals surface area (Å²) < 4.78 is 88.6. The summed E-state index contributed by atoms with van der Waals surface area (Å²) in [7, 11) is 0. The molecule has 4 atom stereocenters. The topological polar surface area (TPSA) is 297 Å². The molecule has 10 aliphatic carbocycles. The van der Waals surface area contributed by atoms with Gasteiger partial charge in [0.15, 0.2) is 0 Å². The van der Waals surface area contributed by atoms with Crippen LogP contribution in [0.5, 0.6) is 0 Å². The number of nitrogens with one attached hydrogen (secondary N) is 6. The lowest BCUT2D eigenvalue weighted by Crippen LogP contribution is -2.55. The van der Waals surface area contributed by atoms with E-state index in [1.807, 2.05) is 36.4 Å². The van der Waals surface area contributed by atoms with Gasteiger partial charge in [0.2, 0.25) is 5.91 Å². The molecule has 0 radical (unpaired) electrons. The van der Waals surface area contributed by atoms with E-state index in [-0.39, 0.29) is 95.7 Å². The number of piperidine rings is 2. The van der Waals surface area contributed by atoms with Gasteiger partial charge in [0.1, 0.15) is 23.8 Å². The Balaban J connectivity index is 0.000000112. The normalized spacial score (nSPS) is 26.6. The summed E-state index contributed by atoms with van der Waals surface area (Å²) in [5, 5.41) is 95.9. The molecule has 8 bridgehead atoms. The number of alkyl halides is 4. The minimum absolute atomic E-state index is 0.00440. The molecule has 3 amide bonds. The Morgan fingerprint density at radius 1 is 0.487 bits per heavy atom. The molecule has 11 N–H and O–H groups in total. The minimum Gasteiger partial charge on any atom is -0.388 e. The van der Waals surface area contributed by atoms with Gasteiger partial charge in [-0.2, -0.15) is 25.5 Å². The Kier molecular flexibility index (Phi) is 23.3. The van der Waals surface area contributed by atoms with Crippen molar-refractivity contribution >= 4 is 124 Å². The number of carbonyl (C=O) groups is 2. The Hall–Kier alpha value is -6.98. The van der Waals surface area contributed by atoms with Gasteiger partial charge in [0, 0.05) is 132 Å². The number of aromatic nitrogens is 10. The van der Waals surface area contributed by atoms with Crippen LogP contribution in [0.3, 0.4) is 0 Å². The zero-order chi connectivity index (χ0) is 79.8. The molecule has 2 aliphatic heterocycles. The Morgan fingerprint density at radius 2 is 0.823 bits per heavy atom. The summed E-state index contributed by atoms with van der Waals surface area (Å²) in [6, 6.07) is 13.7. The van der Waals surface area contributed by atoms with E-state index in [0.29, 0.717) is 44.2 Å². The molecule has 5 aromatic heterocycles. The molecular weight excluding hydrogens is 1570 g/mol. The number of aliphatic hydroxyl groups excluding tert-OH is 4. The Bertz CT molecular complexity index is 4930. The van der Waals surface area contributed by atoms with Gasteiger partial charge in [-0.1, -0.05) is 58.0 Å². The van der Waals surface area contributed by atoms with Gasteiger partial charge in [-0.25, -0.2) is 31.1 Å². The average Bonchev–Trinajstić information content (AvgIpc) is 1.51. The van der Waals surface area contributed by atoms with E-state index in [4.69, 9.17) is 58.0 Å². The van der Waals surface area contributed by atoms with Gasteiger partial charge < -0.3 is 40.6 Å². The second-order valence-electron chi connectivity index (χ2n) is 33.4. The van der Waals surface area contributed by atoms with Crippen LogP contribution in [0.25, 0.3) is 54.5 Å². The molecule has 31 heteroatoms. The van der Waals surface area contributed by atoms with Gasteiger partial charge in [-0.3, -0.25) is 30.3 Å². The van der Waals surface area contributed by atoms with Crippen molar-refractivity contribution in [2.24, 2.45) is 58.2 Å². The number of hydrogen-bond donors (Lipinski definition) is 11. The molecular formula is C82H94Cl5F6N13O7. The van der Waals surface area contributed by atoms with E-state index >= 15 is 0 Å². The van der Waals surface area contributed by atoms with Crippen molar-refractivity contribution in [1.82, 2.24) is 66.1 Å². The van der Waals surface area contributed by atoms with Crippen LogP contribution in [0.4, 0.5) is 31.1 Å². The second kappa shape index (κ2) is 32.5. The number of aromatic amines is 5. The van der Waals surface area contributed by atoms with Gasteiger partial charge >= 0.3 is 6.03 Å². The lowest BCUT2D eigenvalue weighted by atomic mass is 9.48. The predicted molar refractivity (Wildman–Crippen MR) is 422 cm³/mol. The lowest BCUT2D eigenvalue weighted by molar-refractivity contribution is -0.178. The maximum absolute atomic E-state index is 15.0. The van der Waals surface area contributed by atoms with Crippen LogP contribution in [0.15, 0.2) is 79.5 Å². The molecule has 22 rings (SSSR count). The lowest BCUT2D eigenvalue weighted by Gasteiger charge is -2.59.